The molecule has 1 fully saturated rings. The topological polar surface area (TPSA) is 99.8 Å². The highest BCUT2D eigenvalue weighted by Crippen LogP contribution is 2.11. The van der Waals surface area contributed by atoms with Gasteiger partial charge in [0.25, 0.3) is 5.91 Å². The SMILES string of the molecule is CCCN=C(NN)NC1CCC(=O)N(C)C1=O. The van der Waals surface area contributed by atoms with Crippen LogP contribution in [-0.2, 0) is 9.59 Å². The van der Waals surface area contributed by atoms with Gasteiger partial charge in [-0.15, -0.1) is 0 Å². The molecule has 1 saturated heterocycles. The molecule has 0 aromatic rings. The zero-order chi connectivity index (χ0) is 12.8. The highest BCUT2D eigenvalue weighted by molar-refractivity contribution is 6.01. The Morgan fingerprint density at radius 1 is 1.59 bits per heavy atom. The number of hydrogen-bond donors (Lipinski definition) is 3. The van der Waals surface area contributed by atoms with Gasteiger partial charge in [-0.1, -0.05) is 6.92 Å². The number of imide groups is 1. The summed E-state index contributed by atoms with van der Waals surface area (Å²) < 4.78 is 0. The standard InChI is InChI=1S/C10H19N5O2/c1-3-6-12-10(14-11)13-7-4-5-8(16)15(2)9(7)17/h7H,3-6,11H2,1-2H3,(H2,12,13,14). The van der Waals surface area contributed by atoms with Crippen LogP contribution in [-0.4, -0.2) is 42.3 Å². The Labute approximate surface area is 100 Å². The van der Waals surface area contributed by atoms with E-state index in [9.17, 15) is 9.59 Å². The van der Waals surface area contributed by atoms with Crippen molar-refractivity contribution in [2.45, 2.75) is 32.2 Å². The van der Waals surface area contributed by atoms with Gasteiger partial charge in [-0.05, 0) is 12.8 Å². The molecule has 0 radical (unpaired) electrons. The Hall–Kier alpha value is -1.63. The first-order chi connectivity index (χ1) is 8.10. The Morgan fingerprint density at radius 3 is 2.88 bits per heavy atom. The van der Waals surface area contributed by atoms with E-state index in [0.717, 1.165) is 11.3 Å². The van der Waals surface area contributed by atoms with Crippen molar-refractivity contribution in [1.29, 1.82) is 0 Å². The Morgan fingerprint density at radius 2 is 2.29 bits per heavy atom. The van der Waals surface area contributed by atoms with E-state index in [2.05, 4.69) is 15.7 Å². The molecule has 2 amide bonds. The predicted octanol–water partition coefficient (Wildman–Crippen LogP) is -1.05. The van der Waals surface area contributed by atoms with Gasteiger partial charge in [0.2, 0.25) is 11.9 Å². The quantitative estimate of drug-likeness (QED) is 0.192. The maximum Gasteiger partial charge on any atom is 0.251 e. The van der Waals surface area contributed by atoms with Gasteiger partial charge in [0.1, 0.15) is 6.04 Å². The average Bonchev–Trinajstić information content (AvgIpc) is 2.34. The van der Waals surface area contributed by atoms with Crippen LogP contribution in [0.5, 0.6) is 0 Å². The summed E-state index contributed by atoms with van der Waals surface area (Å²) in [5, 5.41) is 2.91. The van der Waals surface area contributed by atoms with E-state index in [1.807, 2.05) is 6.92 Å². The van der Waals surface area contributed by atoms with Crippen LogP contribution in [0.15, 0.2) is 4.99 Å². The molecule has 0 aliphatic carbocycles. The molecule has 1 aliphatic rings. The zero-order valence-corrected chi connectivity index (χ0v) is 10.2. The predicted molar refractivity (Wildman–Crippen MR) is 63.9 cm³/mol. The van der Waals surface area contributed by atoms with Gasteiger partial charge in [0.05, 0.1) is 0 Å². The fraction of sp³-hybridized carbons (Fsp3) is 0.700. The molecule has 7 nitrogen and oxygen atoms in total. The van der Waals surface area contributed by atoms with Gasteiger partial charge >= 0.3 is 0 Å². The lowest BCUT2D eigenvalue weighted by Crippen LogP contribution is -2.56. The van der Waals surface area contributed by atoms with Crippen molar-refractivity contribution in [2.24, 2.45) is 10.8 Å². The van der Waals surface area contributed by atoms with Gasteiger partial charge < -0.3 is 5.32 Å². The summed E-state index contributed by atoms with van der Waals surface area (Å²) in [4.78, 5) is 28.3. The normalized spacial score (nSPS) is 21.7. The number of rotatable bonds is 3. The van der Waals surface area contributed by atoms with Crippen molar-refractivity contribution in [3.8, 4) is 0 Å². The van der Waals surface area contributed by atoms with Crippen LogP contribution in [0.25, 0.3) is 0 Å². The number of hydrazine groups is 1. The smallest absolute Gasteiger partial charge is 0.251 e. The molecule has 1 unspecified atom stereocenters. The van der Waals surface area contributed by atoms with Crippen molar-refractivity contribution < 1.29 is 9.59 Å². The van der Waals surface area contributed by atoms with E-state index in [1.54, 1.807) is 0 Å². The third-order valence-corrected chi connectivity index (χ3v) is 2.59. The third kappa shape index (κ3) is 3.42. The first-order valence-corrected chi connectivity index (χ1v) is 5.68. The lowest BCUT2D eigenvalue weighted by atomic mass is 10.1. The highest BCUT2D eigenvalue weighted by Gasteiger charge is 2.32. The fourth-order valence-corrected chi connectivity index (χ4v) is 1.57. The molecular weight excluding hydrogens is 222 g/mol. The lowest BCUT2D eigenvalue weighted by molar-refractivity contribution is -0.147. The Kier molecular flexibility index (Phi) is 4.89. The number of piperidine rings is 1. The molecule has 1 heterocycles. The molecule has 0 aromatic carbocycles. The van der Waals surface area contributed by atoms with Crippen LogP contribution in [0.1, 0.15) is 26.2 Å². The minimum atomic E-state index is -0.440. The van der Waals surface area contributed by atoms with Crippen LogP contribution in [0.3, 0.4) is 0 Å². The molecular formula is C10H19N5O2. The summed E-state index contributed by atoms with van der Waals surface area (Å²) in [5.74, 6) is 5.28. The summed E-state index contributed by atoms with van der Waals surface area (Å²) >= 11 is 0. The second-order valence-electron chi connectivity index (χ2n) is 3.90. The van der Waals surface area contributed by atoms with Gasteiger partial charge in [0, 0.05) is 20.0 Å². The summed E-state index contributed by atoms with van der Waals surface area (Å²) in [6.07, 6.45) is 1.71. The number of carbonyl (C=O) groups excluding carboxylic acids is 2. The van der Waals surface area contributed by atoms with E-state index in [4.69, 9.17) is 5.84 Å². The molecule has 1 rings (SSSR count). The maximum absolute atomic E-state index is 11.8. The molecule has 0 saturated carbocycles. The summed E-state index contributed by atoms with van der Waals surface area (Å²) in [7, 11) is 1.48. The van der Waals surface area contributed by atoms with E-state index in [0.29, 0.717) is 25.3 Å². The summed E-state index contributed by atoms with van der Waals surface area (Å²) in [6.45, 7) is 2.62. The van der Waals surface area contributed by atoms with Gasteiger partial charge in [-0.3, -0.25) is 24.9 Å². The Balaban J connectivity index is 2.61. The number of nitrogens with two attached hydrogens (primary N) is 1. The molecule has 1 aliphatic heterocycles. The van der Waals surface area contributed by atoms with Crippen LogP contribution >= 0.6 is 0 Å². The minimum Gasteiger partial charge on any atom is -0.343 e. The minimum absolute atomic E-state index is 0.152. The van der Waals surface area contributed by atoms with Crippen molar-refractivity contribution in [3.05, 3.63) is 0 Å². The zero-order valence-electron chi connectivity index (χ0n) is 10.2. The molecule has 7 heteroatoms. The van der Waals surface area contributed by atoms with Crippen molar-refractivity contribution in [2.75, 3.05) is 13.6 Å². The summed E-state index contributed by atoms with van der Waals surface area (Å²) in [5.41, 5.74) is 2.41. The van der Waals surface area contributed by atoms with E-state index < -0.39 is 6.04 Å². The van der Waals surface area contributed by atoms with Crippen LogP contribution in [0.2, 0.25) is 0 Å². The number of nitrogens with one attached hydrogen (secondary N) is 2. The van der Waals surface area contributed by atoms with Gasteiger partial charge in [-0.2, -0.15) is 0 Å². The number of guanidine groups is 1. The van der Waals surface area contributed by atoms with Gasteiger partial charge in [0.15, 0.2) is 0 Å². The second-order valence-corrected chi connectivity index (χ2v) is 3.90. The average molecular weight is 241 g/mol. The van der Waals surface area contributed by atoms with Crippen LogP contribution < -0.4 is 16.6 Å². The Bertz CT molecular complexity index is 329. The maximum atomic E-state index is 11.8. The molecule has 0 aromatic heterocycles. The molecule has 17 heavy (non-hydrogen) atoms. The van der Waals surface area contributed by atoms with Gasteiger partial charge in [-0.25, -0.2) is 5.84 Å². The monoisotopic (exact) mass is 241 g/mol. The second kappa shape index (κ2) is 6.19. The molecule has 0 bridgehead atoms. The number of likely N-dealkylation sites (tertiary alicyclic amines) is 1. The third-order valence-electron chi connectivity index (χ3n) is 2.59. The van der Waals surface area contributed by atoms with E-state index in [-0.39, 0.29) is 11.8 Å². The van der Waals surface area contributed by atoms with Crippen molar-refractivity contribution >= 4 is 17.8 Å². The number of likely N-dealkylation sites (N-methyl/N-ethyl adjacent to an activating group) is 1. The fourth-order valence-electron chi connectivity index (χ4n) is 1.57. The first-order valence-electron chi connectivity index (χ1n) is 5.68. The van der Waals surface area contributed by atoms with E-state index >= 15 is 0 Å². The highest BCUT2D eigenvalue weighted by atomic mass is 16.2. The number of amides is 2. The molecule has 96 valence electrons. The van der Waals surface area contributed by atoms with E-state index in [1.165, 1.54) is 7.05 Å². The molecule has 4 N–H and O–H groups in total. The largest absolute Gasteiger partial charge is 0.343 e. The lowest BCUT2D eigenvalue weighted by Gasteiger charge is -2.28. The summed E-state index contributed by atoms with van der Waals surface area (Å²) in [6, 6.07) is -0.440. The number of carbonyl (C=O) groups is 2. The molecule has 0 spiro atoms. The number of aliphatic imine (C=N–C) groups is 1. The molecule has 1 atom stereocenters. The number of hydrogen-bond acceptors (Lipinski definition) is 4. The van der Waals surface area contributed by atoms with Crippen LogP contribution in [0.4, 0.5) is 0 Å². The van der Waals surface area contributed by atoms with Crippen molar-refractivity contribution in [1.82, 2.24) is 15.6 Å². The number of nitrogens with zero attached hydrogens (tertiary/aromatic N) is 2. The van der Waals surface area contributed by atoms with Crippen molar-refractivity contribution in [3.63, 3.8) is 0 Å². The first kappa shape index (κ1) is 13.4. The van der Waals surface area contributed by atoms with Crippen LogP contribution in [0, 0.1) is 0 Å².